The molecule has 0 saturated carbocycles. The van der Waals surface area contributed by atoms with Gasteiger partial charge in [0, 0.05) is 0 Å². The highest BCUT2D eigenvalue weighted by Crippen LogP contribution is 2.18. The zero-order valence-corrected chi connectivity index (χ0v) is 6.53. The van der Waals surface area contributed by atoms with E-state index in [1.165, 1.54) is 0 Å². The quantitative estimate of drug-likeness (QED) is 0.320. The maximum Gasteiger partial charge on any atom is 0.478 e. The number of unbranched alkanes of at least 4 members (excludes halogenated alkanes) is 3. The molecule has 0 aromatic heterocycles. The summed E-state index contributed by atoms with van der Waals surface area (Å²) in [6.07, 6.45) is 3.74. The van der Waals surface area contributed by atoms with Crippen molar-refractivity contribution in [2.75, 3.05) is 0 Å². The molecule has 0 nitrogen and oxygen atoms in total. The van der Waals surface area contributed by atoms with Gasteiger partial charge in [-0.05, 0) is 12.8 Å². The monoisotopic (exact) mass is 165 g/mol. The lowest BCUT2D eigenvalue weighted by Gasteiger charge is -2.11. The van der Waals surface area contributed by atoms with Crippen molar-refractivity contribution in [3.05, 3.63) is 12.7 Å². The van der Waals surface area contributed by atoms with Crippen LogP contribution in [-0.4, -0.2) is 6.98 Å². The Kier molecular flexibility index (Phi) is 5.08. The van der Waals surface area contributed by atoms with E-state index in [0.29, 0.717) is 6.42 Å². The molecule has 0 saturated heterocycles. The van der Waals surface area contributed by atoms with Gasteiger partial charge in [0.2, 0.25) is 0 Å². The smallest absolute Gasteiger partial charge is 0.449 e. The van der Waals surface area contributed by atoms with Crippen LogP contribution >= 0.6 is 0 Å². The Morgan fingerprint density at radius 1 is 1.09 bits per heavy atom. The van der Waals surface area contributed by atoms with Crippen molar-refractivity contribution in [2.24, 2.45) is 0 Å². The summed E-state index contributed by atoms with van der Waals surface area (Å²) in [5, 5.41) is 0. The van der Waals surface area contributed by atoms with Crippen molar-refractivity contribution in [1.29, 1.82) is 0 Å². The average Bonchev–Trinajstić information content (AvgIpc) is 1.85. The number of hydrogen-bond acceptors (Lipinski definition) is 0. The van der Waals surface area contributed by atoms with Crippen LogP contribution in [0, 0.1) is 0 Å². The molecule has 0 atom stereocenters. The maximum atomic E-state index is 11.6. The first kappa shape index (κ1) is 10.6. The van der Waals surface area contributed by atoms with Crippen molar-refractivity contribution in [3.63, 3.8) is 0 Å². The van der Waals surface area contributed by atoms with E-state index in [9.17, 15) is 12.9 Å². The Balaban J connectivity index is 3.08. The molecule has 0 bridgehead atoms. The Hall–Kier alpha value is -0.405. The first-order valence-corrected chi connectivity index (χ1v) is 3.88. The topological polar surface area (TPSA) is 0 Å². The number of rotatable bonds is 6. The molecule has 11 heavy (non-hydrogen) atoms. The van der Waals surface area contributed by atoms with Gasteiger partial charge in [-0.1, -0.05) is 25.2 Å². The van der Waals surface area contributed by atoms with E-state index in [1.54, 1.807) is 6.08 Å². The molecule has 66 valence electrons. The minimum absolute atomic E-state index is 0.275. The fraction of sp³-hybridized carbons (Fsp3) is 0.714. The lowest BCUT2D eigenvalue weighted by molar-refractivity contribution is 0.460. The predicted molar refractivity (Wildman–Crippen MR) is 42.6 cm³/mol. The highest BCUT2D eigenvalue weighted by molar-refractivity contribution is 6.58. The minimum Gasteiger partial charge on any atom is -0.449 e. The summed E-state index contributed by atoms with van der Waals surface area (Å²) in [6, 6.07) is 0. The summed E-state index contributed by atoms with van der Waals surface area (Å²) in [4.78, 5) is 0. The van der Waals surface area contributed by atoms with Crippen LogP contribution in [0.25, 0.3) is 0 Å². The highest BCUT2D eigenvalue weighted by atomic mass is 19.4. The standard InChI is InChI=1S/C7H13BF3/c1-2-3-4-5-6-7-8(9,10)11/h2H,1,3-7H2/q-1. The third-order valence-corrected chi connectivity index (χ3v) is 1.44. The Bertz CT molecular complexity index is 109. The zero-order chi connectivity index (χ0) is 8.74. The molecule has 0 aliphatic carbocycles. The molecule has 0 amide bonds. The number of hydrogen-bond donors (Lipinski definition) is 0. The van der Waals surface area contributed by atoms with Gasteiger partial charge in [-0.2, -0.15) is 0 Å². The molecule has 0 rings (SSSR count). The second-order valence-electron chi connectivity index (χ2n) is 2.64. The summed E-state index contributed by atoms with van der Waals surface area (Å²) in [5.41, 5.74) is 0. The van der Waals surface area contributed by atoms with Crippen LogP contribution in [0.15, 0.2) is 12.7 Å². The van der Waals surface area contributed by atoms with Gasteiger partial charge in [-0.15, -0.1) is 6.58 Å². The van der Waals surface area contributed by atoms with Crippen LogP contribution in [0.3, 0.4) is 0 Å². The Morgan fingerprint density at radius 3 is 2.18 bits per heavy atom. The first-order chi connectivity index (χ1) is 5.06. The first-order valence-electron chi connectivity index (χ1n) is 3.88. The van der Waals surface area contributed by atoms with Gasteiger partial charge in [0.25, 0.3) is 0 Å². The number of allylic oxidation sites excluding steroid dienone is 1. The third-order valence-electron chi connectivity index (χ3n) is 1.44. The summed E-state index contributed by atoms with van der Waals surface area (Å²) in [6.45, 7) is -1.06. The van der Waals surface area contributed by atoms with Crippen molar-refractivity contribution in [1.82, 2.24) is 0 Å². The molecule has 0 aromatic carbocycles. The molecule has 0 aliphatic rings. The van der Waals surface area contributed by atoms with Gasteiger partial charge in [-0.3, -0.25) is 0 Å². The van der Waals surface area contributed by atoms with E-state index in [2.05, 4.69) is 6.58 Å². The highest BCUT2D eigenvalue weighted by Gasteiger charge is 2.20. The molecule has 0 aliphatic heterocycles. The normalized spacial score (nSPS) is 11.5. The Morgan fingerprint density at radius 2 is 1.73 bits per heavy atom. The van der Waals surface area contributed by atoms with E-state index < -0.39 is 13.3 Å². The SMILES string of the molecule is C=CCCCCC[B-](F)(F)F. The lowest BCUT2D eigenvalue weighted by Crippen LogP contribution is -2.13. The molecule has 0 aromatic rings. The van der Waals surface area contributed by atoms with E-state index >= 15 is 0 Å². The number of halogens is 3. The Labute approximate surface area is 65.5 Å². The minimum atomic E-state index is -4.55. The maximum absolute atomic E-state index is 11.6. The van der Waals surface area contributed by atoms with Gasteiger partial charge in [0.1, 0.15) is 0 Å². The average molecular weight is 165 g/mol. The van der Waals surface area contributed by atoms with Crippen molar-refractivity contribution >= 4 is 6.98 Å². The van der Waals surface area contributed by atoms with Crippen molar-refractivity contribution < 1.29 is 12.9 Å². The summed E-state index contributed by atoms with van der Waals surface area (Å²) in [5.74, 6) is 0. The van der Waals surface area contributed by atoms with Gasteiger partial charge in [0.05, 0.1) is 0 Å². The molecular formula is C7H13BF3-. The van der Waals surface area contributed by atoms with Crippen LogP contribution < -0.4 is 0 Å². The van der Waals surface area contributed by atoms with Crippen LogP contribution in [0.5, 0.6) is 0 Å². The summed E-state index contributed by atoms with van der Waals surface area (Å²) in [7, 11) is 0. The van der Waals surface area contributed by atoms with E-state index in [4.69, 9.17) is 0 Å². The van der Waals surface area contributed by atoms with Gasteiger partial charge in [-0.25, -0.2) is 0 Å². The summed E-state index contributed by atoms with van der Waals surface area (Å²) >= 11 is 0. The van der Waals surface area contributed by atoms with Gasteiger partial charge < -0.3 is 12.9 Å². The predicted octanol–water partition coefficient (Wildman–Crippen LogP) is 3.58. The fourth-order valence-electron chi connectivity index (χ4n) is 0.841. The third kappa shape index (κ3) is 9.59. The lowest BCUT2D eigenvalue weighted by atomic mass is 9.83. The van der Waals surface area contributed by atoms with Crippen LogP contribution in [-0.2, 0) is 0 Å². The van der Waals surface area contributed by atoms with Gasteiger partial charge >= 0.3 is 6.98 Å². The van der Waals surface area contributed by atoms with Crippen molar-refractivity contribution in [2.45, 2.75) is 32.0 Å². The second-order valence-corrected chi connectivity index (χ2v) is 2.64. The van der Waals surface area contributed by atoms with E-state index in [0.717, 1.165) is 12.8 Å². The zero-order valence-electron chi connectivity index (χ0n) is 6.53. The molecule has 0 N–H and O–H groups in total. The van der Waals surface area contributed by atoms with E-state index in [-0.39, 0.29) is 6.42 Å². The second kappa shape index (κ2) is 5.27. The molecular weight excluding hydrogens is 152 g/mol. The van der Waals surface area contributed by atoms with Crippen LogP contribution in [0.1, 0.15) is 25.7 Å². The van der Waals surface area contributed by atoms with Crippen LogP contribution in [0.2, 0.25) is 6.32 Å². The fourth-order valence-corrected chi connectivity index (χ4v) is 0.841. The molecule has 0 spiro atoms. The molecule has 0 radical (unpaired) electrons. The molecule has 4 heteroatoms. The van der Waals surface area contributed by atoms with Crippen molar-refractivity contribution in [3.8, 4) is 0 Å². The molecule has 0 heterocycles. The van der Waals surface area contributed by atoms with E-state index in [1.807, 2.05) is 0 Å². The summed E-state index contributed by atoms with van der Waals surface area (Å²) < 4.78 is 34.8. The molecule has 0 fully saturated rings. The largest absolute Gasteiger partial charge is 0.478 e. The van der Waals surface area contributed by atoms with Gasteiger partial charge in [0.15, 0.2) is 0 Å². The molecule has 0 unspecified atom stereocenters. The van der Waals surface area contributed by atoms with Crippen LogP contribution in [0.4, 0.5) is 12.9 Å².